The number of morpholine rings is 1. The molecule has 1 aliphatic rings. The zero-order chi connectivity index (χ0) is 26.9. The average Bonchev–Trinajstić information content (AvgIpc) is 3.35. The Morgan fingerprint density at radius 2 is 1.79 bits per heavy atom. The number of ether oxygens (including phenoxy) is 1. The summed E-state index contributed by atoms with van der Waals surface area (Å²) in [5, 5.41) is 0.404. The number of nitrogens with one attached hydrogen (secondary N) is 2. The number of hydrogen-bond donors (Lipinski definition) is 2. The van der Waals surface area contributed by atoms with E-state index in [0.29, 0.717) is 54.4 Å². The van der Waals surface area contributed by atoms with Crippen LogP contribution in [-0.2, 0) is 14.8 Å². The second kappa shape index (κ2) is 10.4. The SMILES string of the molecule is CCCS(=O)(=O)Nc1c(F)ccc(C(=O)c2c[nH]c3ncc(-c4cnc(N5CCOCC5)nc4)cc23)c1F. The van der Waals surface area contributed by atoms with E-state index in [1.165, 1.54) is 6.20 Å². The molecule has 0 aliphatic carbocycles. The van der Waals surface area contributed by atoms with Gasteiger partial charge in [0.05, 0.1) is 24.5 Å². The van der Waals surface area contributed by atoms with Crippen molar-refractivity contribution in [3.63, 3.8) is 0 Å². The first-order valence-electron chi connectivity index (χ1n) is 11.9. The standard InChI is InChI=1S/C25H24F2N6O4S/c1-2-9-38(35,36)32-22-20(26)4-3-17(21(22)27)23(34)19-14-29-24-18(19)10-15(11-28-24)16-12-30-25(31-13-16)33-5-7-37-8-6-33/h3-4,10-14,32H,2,5-9H2,1H3,(H,28,29). The summed E-state index contributed by atoms with van der Waals surface area (Å²) in [4.78, 5) is 31.5. The summed E-state index contributed by atoms with van der Waals surface area (Å²) >= 11 is 0. The van der Waals surface area contributed by atoms with Gasteiger partial charge in [-0.1, -0.05) is 6.92 Å². The van der Waals surface area contributed by atoms with Gasteiger partial charge in [-0.25, -0.2) is 32.2 Å². The largest absolute Gasteiger partial charge is 0.378 e. The molecule has 13 heteroatoms. The number of fused-ring (bicyclic) bond motifs is 1. The fourth-order valence-corrected chi connectivity index (χ4v) is 5.33. The minimum absolute atomic E-state index is 0.0908. The number of carbonyl (C=O) groups excluding carboxylic acids is 1. The summed E-state index contributed by atoms with van der Waals surface area (Å²) in [5.74, 6) is -2.91. The van der Waals surface area contributed by atoms with Gasteiger partial charge in [0.25, 0.3) is 0 Å². The highest BCUT2D eigenvalue weighted by atomic mass is 32.2. The zero-order valence-corrected chi connectivity index (χ0v) is 21.2. The van der Waals surface area contributed by atoms with E-state index in [1.54, 1.807) is 31.6 Å². The highest BCUT2D eigenvalue weighted by Gasteiger charge is 2.25. The fourth-order valence-electron chi connectivity index (χ4n) is 4.19. The first kappa shape index (κ1) is 25.7. The van der Waals surface area contributed by atoms with Crippen LogP contribution in [0.25, 0.3) is 22.2 Å². The van der Waals surface area contributed by atoms with Crippen LogP contribution in [0.5, 0.6) is 0 Å². The molecule has 0 radical (unpaired) electrons. The van der Waals surface area contributed by atoms with Gasteiger partial charge in [0, 0.05) is 60.0 Å². The predicted molar refractivity (Wildman–Crippen MR) is 138 cm³/mol. The highest BCUT2D eigenvalue weighted by molar-refractivity contribution is 7.92. The second-order valence-corrected chi connectivity index (χ2v) is 10.6. The van der Waals surface area contributed by atoms with Crippen molar-refractivity contribution >= 4 is 38.5 Å². The van der Waals surface area contributed by atoms with Crippen LogP contribution in [0.1, 0.15) is 29.3 Å². The molecule has 4 aromatic rings. The molecule has 4 heterocycles. The van der Waals surface area contributed by atoms with E-state index in [1.807, 2.05) is 9.62 Å². The van der Waals surface area contributed by atoms with Crippen molar-refractivity contribution in [2.75, 3.05) is 41.7 Å². The quantitative estimate of drug-likeness (QED) is 0.324. The zero-order valence-electron chi connectivity index (χ0n) is 20.4. The number of carbonyl (C=O) groups is 1. The van der Waals surface area contributed by atoms with Gasteiger partial charge in [-0.2, -0.15) is 0 Å². The number of halogens is 2. The molecule has 0 bridgehead atoms. The molecule has 0 unspecified atom stereocenters. The Hall–Kier alpha value is -3.97. The molecule has 1 fully saturated rings. The lowest BCUT2D eigenvalue weighted by molar-refractivity contribution is 0.103. The van der Waals surface area contributed by atoms with E-state index in [9.17, 15) is 17.6 Å². The Kier molecular flexibility index (Phi) is 7.04. The average molecular weight is 543 g/mol. The molecular formula is C25H24F2N6O4S. The molecule has 1 aliphatic heterocycles. The normalized spacial score (nSPS) is 14.1. The number of hydrogen-bond acceptors (Lipinski definition) is 8. The topological polar surface area (TPSA) is 130 Å². The third kappa shape index (κ3) is 5.07. The number of aromatic nitrogens is 4. The fraction of sp³-hybridized carbons (Fsp3) is 0.280. The van der Waals surface area contributed by atoms with Crippen molar-refractivity contribution in [2.24, 2.45) is 0 Å². The van der Waals surface area contributed by atoms with E-state index in [4.69, 9.17) is 4.74 Å². The maximum absolute atomic E-state index is 15.2. The number of pyridine rings is 1. The number of rotatable bonds is 8. The van der Waals surface area contributed by atoms with Gasteiger partial charge in [-0.05, 0) is 24.6 Å². The molecule has 198 valence electrons. The van der Waals surface area contributed by atoms with Gasteiger partial charge in [0.2, 0.25) is 16.0 Å². The summed E-state index contributed by atoms with van der Waals surface area (Å²) < 4.78 is 61.1. The number of nitrogens with zero attached hydrogens (tertiary/aromatic N) is 4. The summed E-state index contributed by atoms with van der Waals surface area (Å²) in [6.07, 6.45) is 6.54. The van der Waals surface area contributed by atoms with Crippen LogP contribution in [0.4, 0.5) is 20.4 Å². The molecule has 1 saturated heterocycles. The first-order chi connectivity index (χ1) is 18.3. The van der Waals surface area contributed by atoms with Gasteiger partial charge in [0.1, 0.15) is 17.2 Å². The molecule has 38 heavy (non-hydrogen) atoms. The van der Waals surface area contributed by atoms with Crippen LogP contribution >= 0.6 is 0 Å². The van der Waals surface area contributed by atoms with Crippen molar-refractivity contribution in [1.29, 1.82) is 0 Å². The minimum Gasteiger partial charge on any atom is -0.378 e. The Labute approximate surface area is 217 Å². The molecule has 2 N–H and O–H groups in total. The third-order valence-corrected chi connectivity index (χ3v) is 7.57. The first-order valence-corrected chi connectivity index (χ1v) is 13.6. The number of benzene rings is 1. The van der Waals surface area contributed by atoms with E-state index in [0.717, 1.165) is 12.1 Å². The monoisotopic (exact) mass is 542 g/mol. The van der Waals surface area contributed by atoms with Crippen molar-refractivity contribution in [3.05, 3.63) is 65.7 Å². The molecule has 1 aromatic carbocycles. The smallest absolute Gasteiger partial charge is 0.232 e. The lowest BCUT2D eigenvalue weighted by Crippen LogP contribution is -2.37. The van der Waals surface area contributed by atoms with E-state index in [2.05, 4.69) is 19.9 Å². The maximum Gasteiger partial charge on any atom is 0.232 e. The summed E-state index contributed by atoms with van der Waals surface area (Å²) in [5.41, 5.74) is 0.400. The third-order valence-electron chi connectivity index (χ3n) is 6.11. The molecular weight excluding hydrogens is 518 g/mol. The van der Waals surface area contributed by atoms with Crippen LogP contribution in [0.15, 0.2) is 43.0 Å². The summed E-state index contributed by atoms with van der Waals surface area (Å²) in [7, 11) is -3.99. The number of aromatic amines is 1. The van der Waals surface area contributed by atoms with Gasteiger partial charge < -0.3 is 14.6 Å². The van der Waals surface area contributed by atoms with E-state index in [-0.39, 0.29) is 17.7 Å². The van der Waals surface area contributed by atoms with Gasteiger partial charge >= 0.3 is 0 Å². The molecule has 10 nitrogen and oxygen atoms in total. The molecule has 3 aromatic heterocycles. The van der Waals surface area contributed by atoms with Gasteiger partial charge in [-0.15, -0.1) is 0 Å². The van der Waals surface area contributed by atoms with Crippen LogP contribution < -0.4 is 9.62 Å². The van der Waals surface area contributed by atoms with Gasteiger partial charge in [-0.3, -0.25) is 9.52 Å². The highest BCUT2D eigenvalue weighted by Crippen LogP contribution is 2.29. The Balaban J connectivity index is 1.47. The Morgan fingerprint density at radius 1 is 1.08 bits per heavy atom. The van der Waals surface area contributed by atoms with Crippen LogP contribution in [0.2, 0.25) is 0 Å². The van der Waals surface area contributed by atoms with Crippen LogP contribution in [0, 0.1) is 11.6 Å². The van der Waals surface area contributed by atoms with E-state index >= 15 is 4.39 Å². The van der Waals surface area contributed by atoms with Crippen LogP contribution in [0.3, 0.4) is 0 Å². The second-order valence-electron chi connectivity index (χ2n) is 8.73. The van der Waals surface area contributed by atoms with Crippen molar-refractivity contribution in [2.45, 2.75) is 13.3 Å². The Morgan fingerprint density at radius 3 is 2.50 bits per heavy atom. The maximum atomic E-state index is 15.2. The minimum atomic E-state index is -3.99. The van der Waals surface area contributed by atoms with Gasteiger partial charge in [0.15, 0.2) is 11.6 Å². The lowest BCUT2D eigenvalue weighted by atomic mass is 10.0. The van der Waals surface area contributed by atoms with Crippen LogP contribution in [-0.4, -0.2) is 66.2 Å². The van der Waals surface area contributed by atoms with E-state index < -0.39 is 38.7 Å². The summed E-state index contributed by atoms with van der Waals surface area (Å²) in [6, 6.07) is 3.54. The lowest BCUT2D eigenvalue weighted by Gasteiger charge is -2.26. The summed E-state index contributed by atoms with van der Waals surface area (Å²) in [6.45, 7) is 4.23. The Bertz CT molecular complexity index is 1600. The number of anilines is 2. The van der Waals surface area contributed by atoms with Crippen molar-refractivity contribution in [3.8, 4) is 11.1 Å². The van der Waals surface area contributed by atoms with Crippen molar-refractivity contribution in [1.82, 2.24) is 19.9 Å². The predicted octanol–water partition coefficient (Wildman–Crippen LogP) is 3.52. The molecule has 5 rings (SSSR count). The number of ketones is 1. The molecule has 0 atom stereocenters. The molecule has 0 saturated carbocycles. The number of H-pyrrole nitrogens is 1. The van der Waals surface area contributed by atoms with Crippen molar-refractivity contribution < 1.29 is 26.7 Å². The molecule has 0 spiro atoms. The number of sulfonamides is 1. The molecule has 0 amide bonds.